The third-order valence-corrected chi connectivity index (χ3v) is 12.8. The first-order valence-corrected chi connectivity index (χ1v) is 23.6. The molecule has 2 aliphatic carbocycles. The molecule has 66 heavy (non-hydrogen) atoms. The number of nitrogens with one attached hydrogen (secondary N) is 2. The molecule has 3 aromatic carbocycles. The average Bonchev–Trinajstić information content (AvgIpc) is 4.16. The third kappa shape index (κ3) is 11.4. The molecule has 4 heterocycles. The van der Waals surface area contributed by atoms with E-state index < -0.39 is 11.2 Å². The molecule has 2 saturated carbocycles. The number of aliphatic hydroxyl groups is 2. The van der Waals surface area contributed by atoms with Gasteiger partial charge in [-0.05, 0) is 139 Å². The van der Waals surface area contributed by atoms with Gasteiger partial charge in [-0.3, -0.25) is 9.59 Å². The summed E-state index contributed by atoms with van der Waals surface area (Å²) in [6.45, 7) is 13.4. The fourth-order valence-corrected chi connectivity index (χ4v) is 8.78. The molecule has 344 valence electrons. The minimum atomic E-state index is -0.906. The van der Waals surface area contributed by atoms with Crippen molar-refractivity contribution < 1.29 is 24.9 Å². The molecule has 0 unspecified atom stereocenters. The monoisotopic (exact) mass is 928 g/mol. The van der Waals surface area contributed by atoms with E-state index in [2.05, 4.69) is 25.7 Å². The first kappa shape index (κ1) is 46.7. The van der Waals surface area contributed by atoms with E-state index in [9.17, 15) is 24.9 Å². The van der Waals surface area contributed by atoms with E-state index in [-0.39, 0.29) is 17.3 Å². The van der Waals surface area contributed by atoms with Gasteiger partial charge in [0.05, 0.1) is 46.4 Å². The van der Waals surface area contributed by atoms with Crippen molar-refractivity contribution in [3.8, 4) is 28.3 Å². The molecule has 0 aliphatic heterocycles. The number of fused-ring (bicyclic) bond motifs is 2. The summed E-state index contributed by atoms with van der Waals surface area (Å²) in [6, 6.07) is 20.8. The number of benzene rings is 3. The number of ketones is 2. The van der Waals surface area contributed by atoms with E-state index in [1.165, 1.54) is 24.6 Å². The summed E-state index contributed by atoms with van der Waals surface area (Å²) in [4.78, 5) is 35.3. The minimum absolute atomic E-state index is 0.212. The van der Waals surface area contributed by atoms with Gasteiger partial charge in [0.25, 0.3) is 0 Å². The van der Waals surface area contributed by atoms with Crippen molar-refractivity contribution in [2.24, 2.45) is 11.8 Å². The van der Waals surface area contributed by atoms with Crippen LogP contribution in [-0.4, -0.2) is 80.4 Å². The molecule has 7 aromatic rings. The zero-order chi connectivity index (χ0) is 47.1. The van der Waals surface area contributed by atoms with Crippen LogP contribution < -0.4 is 10.6 Å². The summed E-state index contributed by atoms with van der Waals surface area (Å²) < 4.78 is 3.50. The number of carbonyl (C=O) groups excluding carboxylic acids is 2. The first-order valence-electron chi connectivity index (χ1n) is 22.4. The lowest BCUT2D eigenvalue weighted by molar-refractivity contribution is 0.0939. The third-order valence-electron chi connectivity index (χ3n) is 11.7. The van der Waals surface area contributed by atoms with Gasteiger partial charge in [0.2, 0.25) is 0 Å². The van der Waals surface area contributed by atoms with E-state index >= 15 is 0 Å². The second-order valence-electron chi connectivity index (χ2n) is 19.1. The second kappa shape index (κ2) is 18.8. The smallest absolute Gasteiger partial charge is 0.177 e. The van der Waals surface area contributed by atoms with Gasteiger partial charge in [-0.1, -0.05) is 47.6 Å². The molecular formula is C51H57ClN8O5S. The Morgan fingerprint density at radius 3 is 1.62 bits per heavy atom. The van der Waals surface area contributed by atoms with Gasteiger partial charge >= 0.3 is 0 Å². The zero-order valence-corrected chi connectivity index (χ0v) is 40.0. The number of hydrogen-bond acceptors (Lipinski definition) is 12. The van der Waals surface area contributed by atoms with E-state index in [0.29, 0.717) is 59.9 Å². The molecule has 15 heteroatoms. The molecule has 4 aromatic heterocycles. The van der Waals surface area contributed by atoms with Crippen LogP contribution in [0.15, 0.2) is 89.0 Å². The highest BCUT2D eigenvalue weighted by atomic mass is 35.5. The zero-order valence-electron chi connectivity index (χ0n) is 38.4. The lowest BCUT2D eigenvalue weighted by atomic mass is 9.98. The van der Waals surface area contributed by atoms with Crippen LogP contribution in [0.4, 0.5) is 11.4 Å². The molecule has 0 radical (unpaired) electrons. The predicted molar refractivity (Wildman–Crippen MR) is 261 cm³/mol. The van der Waals surface area contributed by atoms with Crippen LogP contribution in [0.25, 0.3) is 33.8 Å². The van der Waals surface area contributed by atoms with Gasteiger partial charge in [-0.25, -0.2) is 19.0 Å². The first-order chi connectivity index (χ1) is 31.3. The van der Waals surface area contributed by atoms with Crippen molar-refractivity contribution in [3.05, 3.63) is 112 Å². The van der Waals surface area contributed by atoms with E-state index in [1.54, 1.807) is 56.7 Å². The van der Waals surface area contributed by atoms with Crippen LogP contribution in [-0.2, 0) is 0 Å². The van der Waals surface area contributed by atoms with Crippen LogP contribution >= 0.6 is 23.4 Å². The number of phenols is 1. The SMILES string of the molecule is Cc1cc(-c2cnc3c(NCC(C)(C)O)cc(Cl)nn23)ccc1C(=O)CC1CC1.Cc1cc(Sc2cc(NCC(C)(C)O)c3ncc(-c4ccc(C(=O)CC5CC5)c(C)c4)n3n2)ccc1O. The standard InChI is InChI=1S/C29H32N4O3S.C22H25ClN4O2/c1-17-11-20(7-9-22(17)26(35)13-19-5-6-19)24-15-30-28-23(31-16-29(3,4)36)14-27(32-33(24)28)37-21-8-10-25(34)18(2)12-21;1-13-8-15(6-7-16(13)19(28)9-14-4-5-14)18-11-24-21-17(25-12-22(2,3)29)10-20(23)26-27(18)21/h7-12,14-15,19,31,34,36H,5-6,13,16H2,1-4H3;6-8,10-11,14,25,29H,4-5,9,12H2,1-3H3. The number of halogens is 1. The Morgan fingerprint density at radius 2 is 1.17 bits per heavy atom. The lowest BCUT2D eigenvalue weighted by Gasteiger charge is -2.19. The molecule has 9 rings (SSSR count). The summed E-state index contributed by atoms with van der Waals surface area (Å²) in [5.41, 5.74) is 8.66. The Kier molecular flexibility index (Phi) is 13.3. The molecule has 0 atom stereocenters. The van der Waals surface area contributed by atoms with Crippen molar-refractivity contribution in [2.75, 3.05) is 23.7 Å². The molecular weight excluding hydrogens is 872 g/mol. The number of aromatic hydroxyl groups is 1. The maximum atomic E-state index is 12.7. The van der Waals surface area contributed by atoms with Crippen LogP contribution in [0.1, 0.15) is 104 Å². The molecule has 0 bridgehead atoms. The van der Waals surface area contributed by atoms with Crippen LogP contribution in [0.5, 0.6) is 5.75 Å². The van der Waals surface area contributed by atoms with Gasteiger partial charge in [-0.15, -0.1) is 0 Å². The Balaban J connectivity index is 0.000000185. The largest absolute Gasteiger partial charge is 0.508 e. The molecule has 0 spiro atoms. The normalized spacial score (nSPS) is 14.0. The predicted octanol–water partition coefficient (Wildman–Crippen LogP) is 10.6. The van der Waals surface area contributed by atoms with Crippen molar-refractivity contribution in [3.63, 3.8) is 0 Å². The highest BCUT2D eigenvalue weighted by Gasteiger charge is 2.27. The number of phenolic OH excluding ortho intramolecular Hbond substituents is 1. The number of Topliss-reactive ketones (excluding diaryl/α,β-unsaturated/α-hetero) is 2. The summed E-state index contributed by atoms with van der Waals surface area (Å²) in [5.74, 6) is 1.81. The number of aryl methyl sites for hydroxylation is 3. The number of rotatable bonds is 16. The van der Waals surface area contributed by atoms with E-state index in [0.717, 1.165) is 78.8 Å². The Hall–Kier alpha value is -5.80. The maximum Gasteiger partial charge on any atom is 0.177 e. The van der Waals surface area contributed by atoms with E-state index in [1.807, 2.05) is 79.9 Å². The van der Waals surface area contributed by atoms with Crippen LogP contribution in [0, 0.1) is 32.6 Å². The van der Waals surface area contributed by atoms with Gasteiger partial charge < -0.3 is 26.0 Å². The fourth-order valence-electron chi connectivity index (χ4n) is 7.68. The highest BCUT2D eigenvalue weighted by Crippen LogP contribution is 2.37. The maximum absolute atomic E-state index is 12.7. The molecule has 0 amide bonds. The highest BCUT2D eigenvalue weighted by molar-refractivity contribution is 7.99. The molecule has 13 nitrogen and oxygen atoms in total. The number of nitrogens with zero attached hydrogens (tertiary/aromatic N) is 6. The average molecular weight is 930 g/mol. The Labute approximate surface area is 394 Å². The number of anilines is 2. The molecule has 5 N–H and O–H groups in total. The number of hydrogen-bond donors (Lipinski definition) is 5. The van der Waals surface area contributed by atoms with Crippen molar-refractivity contribution >= 4 is 57.6 Å². The van der Waals surface area contributed by atoms with Gasteiger partial charge in [0.15, 0.2) is 28.0 Å². The van der Waals surface area contributed by atoms with Crippen LogP contribution in [0.2, 0.25) is 5.15 Å². The summed E-state index contributed by atoms with van der Waals surface area (Å²) in [5, 5.41) is 47.1. The quantitative estimate of drug-likeness (QED) is 0.0580. The topological polar surface area (TPSA) is 179 Å². The van der Waals surface area contributed by atoms with Gasteiger partial charge in [0.1, 0.15) is 10.8 Å². The molecule has 2 aliphatic rings. The fraction of sp³-hybridized carbons (Fsp3) is 0.373. The second-order valence-corrected chi connectivity index (χ2v) is 20.6. The summed E-state index contributed by atoms with van der Waals surface area (Å²) >= 11 is 7.72. The Morgan fingerprint density at radius 1 is 0.682 bits per heavy atom. The summed E-state index contributed by atoms with van der Waals surface area (Å²) in [6.07, 6.45) is 9.45. The van der Waals surface area contributed by atoms with Gasteiger partial charge in [-0.2, -0.15) is 10.2 Å². The lowest BCUT2D eigenvalue weighted by Crippen LogP contribution is -2.29. The van der Waals surface area contributed by atoms with Crippen molar-refractivity contribution in [2.45, 2.75) is 108 Å². The van der Waals surface area contributed by atoms with E-state index in [4.69, 9.17) is 16.7 Å². The Bertz CT molecular complexity index is 2960. The molecule has 2 fully saturated rings. The molecule has 0 saturated heterocycles. The number of carbonyl (C=O) groups is 2. The number of imidazole rings is 2. The minimum Gasteiger partial charge on any atom is -0.508 e. The summed E-state index contributed by atoms with van der Waals surface area (Å²) in [7, 11) is 0. The number of aromatic nitrogens is 6. The van der Waals surface area contributed by atoms with Crippen LogP contribution in [0.3, 0.4) is 0 Å². The van der Waals surface area contributed by atoms with Crippen molar-refractivity contribution in [1.29, 1.82) is 0 Å². The van der Waals surface area contributed by atoms with Crippen molar-refractivity contribution in [1.82, 2.24) is 29.2 Å². The van der Waals surface area contributed by atoms with Gasteiger partial charge in [0, 0.05) is 59.1 Å².